The summed E-state index contributed by atoms with van der Waals surface area (Å²) in [6, 6.07) is 10.4. The molecule has 3 rings (SSSR count). The average Bonchev–Trinajstić information content (AvgIpc) is 3.04. The van der Waals surface area contributed by atoms with Gasteiger partial charge in [0, 0.05) is 0 Å². The lowest BCUT2D eigenvalue weighted by atomic mass is 9.84. The molecule has 0 aliphatic heterocycles. The zero-order valence-corrected chi connectivity index (χ0v) is 13.2. The molecule has 1 saturated carbocycles. The average molecular weight is 302 g/mol. The molecule has 0 saturated heterocycles. The highest BCUT2D eigenvalue weighted by Crippen LogP contribution is 2.36. The largest absolute Gasteiger partial charge is 0.495 e. The van der Waals surface area contributed by atoms with Crippen LogP contribution in [0.25, 0.3) is 0 Å². The Balaban J connectivity index is 1.77. The van der Waals surface area contributed by atoms with Crippen molar-refractivity contribution in [3.63, 3.8) is 0 Å². The van der Waals surface area contributed by atoms with Crippen LogP contribution in [0.4, 0.5) is 0 Å². The maximum Gasteiger partial charge on any atom is 0.135 e. The van der Waals surface area contributed by atoms with E-state index < -0.39 is 6.10 Å². The van der Waals surface area contributed by atoms with Gasteiger partial charge < -0.3 is 9.84 Å². The van der Waals surface area contributed by atoms with Crippen molar-refractivity contribution in [2.45, 2.75) is 44.1 Å². The van der Waals surface area contributed by atoms with Crippen LogP contribution >= 0.6 is 11.3 Å². The first kappa shape index (κ1) is 14.6. The van der Waals surface area contributed by atoms with E-state index in [1.807, 2.05) is 11.4 Å². The summed E-state index contributed by atoms with van der Waals surface area (Å²) in [7, 11) is 1.64. The molecule has 2 aromatic rings. The summed E-state index contributed by atoms with van der Waals surface area (Å²) < 4.78 is 5.30. The molecule has 1 aromatic carbocycles. The lowest BCUT2D eigenvalue weighted by molar-refractivity contribution is 0.219. The zero-order chi connectivity index (χ0) is 14.7. The molecule has 1 aromatic heterocycles. The van der Waals surface area contributed by atoms with E-state index in [0.29, 0.717) is 5.92 Å². The van der Waals surface area contributed by atoms with Crippen molar-refractivity contribution < 1.29 is 9.84 Å². The zero-order valence-electron chi connectivity index (χ0n) is 12.4. The molecule has 1 aliphatic rings. The Labute approximate surface area is 130 Å². The topological polar surface area (TPSA) is 29.5 Å². The van der Waals surface area contributed by atoms with E-state index in [9.17, 15) is 5.11 Å². The van der Waals surface area contributed by atoms with Gasteiger partial charge in [0.15, 0.2) is 0 Å². The Bertz CT molecular complexity index is 567. The van der Waals surface area contributed by atoms with Crippen LogP contribution in [0.15, 0.2) is 35.7 Å². The van der Waals surface area contributed by atoms with Crippen molar-refractivity contribution >= 4 is 11.3 Å². The fourth-order valence-electron chi connectivity index (χ4n) is 3.21. The lowest BCUT2D eigenvalue weighted by Crippen LogP contribution is -2.05. The predicted molar refractivity (Wildman–Crippen MR) is 87.2 cm³/mol. The van der Waals surface area contributed by atoms with Crippen molar-refractivity contribution in [3.8, 4) is 5.75 Å². The van der Waals surface area contributed by atoms with Gasteiger partial charge in [-0.05, 0) is 41.3 Å². The molecule has 3 heteroatoms. The second-order valence-corrected chi connectivity index (χ2v) is 6.71. The van der Waals surface area contributed by atoms with Gasteiger partial charge in [-0.1, -0.05) is 43.5 Å². The van der Waals surface area contributed by atoms with Crippen molar-refractivity contribution in [2.24, 2.45) is 0 Å². The van der Waals surface area contributed by atoms with Crippen molar-refractivity contribution in [1.29, 1.82) is 0 Å². The monoisotopic (exact) mass is 302 g/mol. The summed E-state index contributed by atoms with van der Waals surface area (Å²) >= 11 is 1.53. The molecule has 1 atom stereocenters. The highest BCUT2D eigenvalue weighted by Gasteiger charge is 2.19. The van der Waals surface area contributed by atoms with Crippen LogP contribution < -0.4 is 4.74 Å². The third kappa shape index (κ3) is 3.14. The van der Waals surface area contributed by atoms with Gasteiger partial charge in [-0.15, -0.1) is 11.3 Å². The number of methoxy groups -OCH3 is 1. The van der Waals surface area contributed by atoms with Gasteiger partial charge in [0.1, 0.15) is 11.9 Å². The normalized spacial score (nSPS) is 17.6. The first-order chi connectivity index (χ1) is 10.3. The summed E-state index contributed by atoms with van der Waals surface area (Å²) in [5, 5.41) is 12.5. The minimum atomic E-state index is -0.597. The number of benzene rings is 1. The number of aliphatic hydroxyl groups excluding tert-OH is 1. The van der Waals surface area contributed by atoms with E-state index in [4.69, 9.17) is 4.74 Å². The predicted octanol–water partition coefficient (Wildman–Crippen LogP) is 4.89. The smallest absolute Gasteiger partial charge is 0.135 e. The third-order valence-corrected chi connectivity index (χ3v) is 5.40. The molecule has 1 aliphatic carbocycles. The van der Waals surface area contributed by atoms with E-state index in [0.717, 1.165) is 16.2 Å². The minimum absolute atomic E-state index is 0.597. The molecule has 21 heavy (non-hydrogen) atoms. The Morgan fingerprint density at radius 2 is 1.81 bits per heavy atom. The summed E-state index contributed by atoms with van der Waals surface area (Å²) in [5.74, 6) is 1.48. The van der Waals surface area contributed by atoms with E-state index >= 15 is 0 Å². The Morgan fingerprint density at radius 3 is 2.48 bits per heavy atom. The van der Waals surface area contributed by atoms with Gasteiger partial charge in [-0.2, -0.15) is 0 Å². The second kappa shape index (κ2) is 6.63. The molecule has 1 N–H and O–H groups in total. The van der Waals surface area contributed by atoms with Crippen LogP contribution in [0, 0.1) is 0 Å². The van der Waals surface area contributed by atoms with Crippen LogP contribution in [-0.2, 0) is 0 Å². The fourth-order valence-corrected chi connectivity index (χ4v) is 4.09. The Morgan fingerprint density at radius 1 is 1.10 bits per heavy atom. The third-order valence-electron chi connectivity index (χ3n) is 4.45. The van der Waals surface area contributed by atoms with E-state index in [1.54, 1.807) is 7.11 Å². The molecular formula is C18H22O2S. The number of ether oxygens (including phenoxy) is 1. The number of aliphatic hydroxyl groups is 1. The van der Waals surface area contributed by atoms with Gasteiger partial charge >= 0.3 is 0 Å². The number of rotatable bonds is 4. The van der Waals surface area contributed by atoms with Crippen molar-refractivity contribution in [2.75, 3.05) is 7.11 Å². The van der Waals surface area contributed by atoms with E-state index in [2.05, 4.69) is 24.3 Å². The maximum atomic E-state index is 10.5. The Kier molecular flexibility index (Phi) is 4.61. The highest BCUT2D eigenvalue weighted by molar-refractivity contribution is 7.10. The van der Waals surface area contributed by atoms with Crippen molar-refractivity contribution in [1.82, 2.24) is 0 Å². The molecular weight excluding hydrogens is 280 g/mol. The molecule has 1 heterocycles. The van der Waals surface area contributed by atoms with Gasteiger partial charge in [0.05, 0.1) is 12.0 Å². The van der Waals surface area contributed by atoms with Gasteiger partial charge in [0.25, 0.3) is 0 Å². The highest BCUT2D eigenvalue weighted by atomic mass is 32.1. The van der Waals surface area contributed by atoms with Crippen LogP contribution in [0.2, 0.25) is 0 Å². The van der Waals surface area contributed by atoms with Gasteiger partial charge in [-0.25, -0.2) is 0 Å². The number of hydrogen-bond donors (Lipinski definition) is 1. The molecule has 112 valence electrons. The van der Waals surface area contributed by atoms with E-state index in [1.165, 1.54) is 49.0 Å². The fraction of sp³-hybridized carbons (Fsp3) is 0.444. The van der Waals surface area contributed by atoms with Crippen LogP contribution in [-0.4, -0.2) is 12.2 Å². The first-order valence-corrected chi connectivity index (χ1v) is 8.57. The van der Waals surface area contributed by atoms with Gasteiger partial charge in [-0.3, -0.25) is 0 Å². The quantitative estimate of drug-likeness (QED) is 0.871. The molecule has 0 bridgehead atoms. The lowest BCUT2D eigenvalue weighted by Gasteiger charge is -2.22. The van der Waals surface area contributed by atoms with Gasteiger partial charge in [0.2, 0.25) is 0 Å². The molecule has 0 amide bonds. The Hall–Kier alpha value is -1.32. The maximum absolute atomic E-state index is 10.5. The molecule has 1 fully saturated rings. The van der Waals surface area contributed by atoms with E-state index in [-0.39, 0.29) is 0 Å². The van der Waals surface area contributed by atoms with Crippen LogP contribution in [0.1, 0.15) is 60.1 Å². The summed E-state index contributed by atoms with van der Waals surface area (Å²) in [6.07, 6.45) is 6.09. The first-order valence-electron chi connectivity index (χ1n) is 7.69. The molecule has 0 spiro atoms. The second-order valence-electron chi connectivity index (χ2n) is 5.76. The standard InChI is InChI=1S/C18H22O2S/c1-20-16-11-12-21-18(16)17(19)15-9-7-14(8-10-15)13-5-3-2-4-6-13/h7-13,17,19H,2-6H2,1H3. The van der Waals surface area contributed by atoms with Crippen LogP contribution in [0.5, 0.6) is 5.75 Å². The number of hydrogen-bond acceptors (Lipinski definition) is 3. The summed E-state index contributed by atoms with van der Waals surface area (Å²) in [4.78, 5) is 0.878. The summed E-state index contributed by atoms with van der Waals surface area (Å²) in [6.45, 7) is 0. The molecule has 2 nitrogen and oxygen atoms in total. The number of thiophene rings is 1. The van der Waals surface area contributed by atoms with Crippen LogP contribution in [0.3, 0.4) is 0 Å². The van der Waals surface area contributed by atoms with Crippen molar-refractivity contribution in [3.05, 3.63) is 51.7 Å². The molecule has 1 unspecified atom stereocenters. The SMILES string of the molecule is COc1ccsc1C(O)c1ccc(C2CCCCC2)cc1. The summed E-state index contributed by atoms with van der Waals surface area (Å²) in [5.41, 5.74) is 2.36. The minimum Gasteiger partial charge on any atom is -0.495 e. The molecule has 0 radical (unpaired) electrons.